The summed E-state index contributed by atoms with van der Waals surface area (Å²) in [6.07, 6.45) is 0. The maximum absolute atomic E-state index is 13.7. The Hall–Kier alpha value is -1.49. The number of nitrogens with two attached hydrogens (primary N) is 1. The molecule has 0 aliphatic carbocycles. The highest BCUT2D eigenvalue weighted by Crippen LogP contribution is 2.29. The van der Waals surface area contributed by atoms with Crippen molar-refractivity contribution in [1.82, 2.24) is 0 Å². The molecule has 0 aliphatic rings. The molecule has 0 aliphatic heterocycles. The van der Waals surface area contributed by atoms with Gasteiger partial charge in [-0.3, -0.25) is 4.79 Å². The number of aliphatic carboxylic acids is 1. The molecule has 94 valence electrons. The fourth-order valence-corrected chi connectivity index (χ4v) is 1.54. The molecule has 0 saturated heterocycles. The first-order valence-electron chi connectivity index (χ1n) is 5.19. The standard InChI is InChI=1S/C12H15F2NO2/c1-12(2,14)7-3-4-10(13)8(5-7)9(6-15)11(16)17/h3-5,9H,6,15H2,1-2H3,(H,16,17). The normalized spacial score (nSPS) is 13.5. The smallest absolute Gasteiger partial charge is 0.312 e. The summed E-state index contributed by atoms with van der Waals surface area (Å²) in [5.74, 6) is -3.06. The second-order valence-corrected chi connectivity index (χ2v) is 4.34. The molecule has 0 radical (unpaired) electrons. The van der Waals surface area contributed by atoms with Crippen LogP contribution in [0.15, 0.2) is 18.2 Å². The molecule has 1 unspecified atom stereocenters. The van der Waals surface area contributed by atoms with Gasteiger partial charge in [0.25, 0.3) is 0 Å². The van der Waals surface area contributed by atoms with E-state index in [4.69, 9.17) is 10.8 Å². The van der Waals surface area contributed by atoms with Gasteiger partial charge >= 0.3 is 5.97 Å². The van der Waals surface area contributed by atoms with E-state index in [1.807, 2.05) is 0 Å². The predicted molar refractivity (Wildman–Crippen MR) is 60.0 cm³/mol. The topological polar surface area (TPSA) is 63.3 Å². The lowest BCUT2D eigenvalue weighted by atomic mass is 9.92. The molecule has 1 aromatic carbocycles. The van der Waals surface area contributed by atoms with Gasteiger partial charge in [0.2, 0.25) is 0 Å². The van der Waals surface area contributed by atoms with Gasteiger partial charge in [-0.15, -0.1) is 0 Å². The van der Waals surface area contributed by atoms with Crippen LogP contribution >= 0.6 is 0 Å². The molecule has 5 heteroatoms. The van der Waals surface area contributed by atoms with Crippen LogP contribution in [0.25, 0.3) is 0 Å². The average Bonchev–Trinajstić information content (AvgIpc) is 2.19. The highest BCUT2D eigenvalue weighted by atomic mass is 19.1. The summed E-state index contributed by atoms with van der Waals surface area (Å²) in [6.45, 7) is 2.41. The molecule has 3 N–H and O–H groups in total. The molecular formula is C12H15F2NO2. The summed E-state index contributed by atoms with van der Waals surface area (Å²) in [4.78, 5) is 10.9. The fraction of sp³-hybridized carbons (Fsp3) is 0.417. The highest BCUT2D eigenvalue weighted by Gasteiger charge is 2.25. The van der Waals surface area contributed by atoms with Crippen LogP contribution in [0.2, 0.25) is 0 Å². The Kier molecular flexibility index (Phi) is 3.83. The number of benzene rings is 1. The van der Waals surface area contributed by atoms with E-state index < -0.39 is 23.4 Å². The molecule has 0 saturated carbocycles. The lowest BCUT2D eigenvalue weighted by molar-refractivity contribution is -0.138. The number of carboxylic acid groups (broad SMARTS) is 1. The van der Waals surface area contributed by atoms with Crippen molar-refractivity contribution in [3.63, 3.8) is 0 Å². The van der Waals surface area contributed by atoms with Crippen LogP contribution in [0.4, 0.5) is 8.78 Å². The average molecular weight is 243 g/mol. The Bertz CT molecular complexity index is 427. The predicted octanol–water partition coefficient (Wildman–Crippen LogP) is 2.16. The van der Waals surface area contributed by atoms with Crippen molar-refractivity contribution < 1.29 is 18.7 Å². The number of hydrogen-bond donors (Lipinski definition) is 2. The molecule has 1 atom stereocenters. The Morgan fingerprint density at radius 2 is 2.12 bits per heavy atom. The van der Waals surface area contributed by atoms with E-state index in [9.17, 15) is 13.6 Å². The molecule has 0 spiro atoms. The molecule has 0 heterocycles. The van der Waals surface area contributed by atoms with Gasteiger partial charge in [0.1, 0.15) is 11.5 Å². The number of alkyl halides is 1. The van der Waals surface area contributed by atoms with E-state index in [-0.39, 0.29) is 17.7 Å². The lowest BCUT2D eigenvalue weighted by Gasteiger charge is -2.18. The van der Waals surface area contributed by atoms with E-state index in [0.717, 1.165) is 6.07 Å². The molecule has 0 bridgehead atoms. The zero-order valence-electron chi connectivity index (χ0n) is 9.71. The first kappa shape index (κ1) is 13.6. The fourth-order valence-electron chi connectivity index (χ4n) is 1.54. The van der Waals surface area contributed by atoms with Crippen molar-refractivity contribution in [3.05, 3.63) is 35.1 Å². The SMILES string of the molecule is CC(C)(F)c1ccc(F)c(C(CN)C(=O)O)c1. The van der Waals surface area contributed by atoms with Crippen molar-refractivity contribution >= 4 is 5.97 Å². The summed E-state index contributed by atoms with van der Waals surface area (Å²) >= 11 is 0. The van der Waals surface area contributed by atoms with Gasteiger partial charge in [-0.1, -0.05) is 6.07 Å². The minimum atomic E-state index is -1.65. The Morgan fingerprint density at radius 3 is 2.53 bits per heavy atom. The van der Waals surface area contributed by atoms with Crippen LogP contribution in [0.3, 0.4) is 0 Å². The summed E-state index contributed by atoms with van der Waals surface area (Å²) < 4.78 is 27.2. The quantitative estimate of drug-likeness (QED) is 0.851. The molecule has 1 rings (SSSR count). The zero-order valence-corrected chi connectivity index (χ0v) is 9.71. The second-order valence-electron chi connectivity index (χ2n) is 4.34. The van der Waals surface area contributed by atoms with Gasteiger partial charge in [0, 0.05) is 12.1 Å². The number of carboxylic acids is 1. The van der Waals surface area contributed by atoms with E-state index in [1.54, 1.807) is 0 Å². The Labute approximate surface area is 98.2 Å². The third-order valence-electron chi connectivity index (χ3n) is 2.59. The minimum absolute atomic E-state index is 0.0803. The van der Waals surface area contributed by atoms with Gasteiger partial charge in [-0.2, -0.15) is 0 Å². The summed E-state index contributed by atoms with van der Waals surface area (Å²) in [5, 5.41) is 8.90. The number of carbonyl (C=O) groups is 1. The van der Waals surface area contributed by atoms with E-state index in [1.165, 1.54) is 26.0 Å². The first-order chi connectivity index (χ1) is 7.77. The molecule has 0 fully saturated rings. The van der Waals surface area contributed by atoms with Crippen molar-refractivity contribution in [1.29, 1.82) is 0 Å². The summed E-state index contributed by atoms with van der Waals surface area (Å²) in [7, 11) is 0. The van der Waals surface area contributed by atoms with Gasteiger partial charge in [-0.05, 0) is 31.5 Å². The van der Waals surface area contributed by atoms with Crippen LogP contribution in [0.1, 0.15) is 30.9 Å². The highest BCUT2D eigenvalue weighted by molar-refractivity contribution is 5.76. The maximum atomic E-state index is 13.7. The second kappa shape index (κ2) is 4.79. The van der Waals surface area contributed by atoms with E-state index >= 15 is 0 Å². The summed E-state index contributed by atoms with van der Waals surface area (Å²) in [6, 6.07) is 3.59. The first-order valence-corrected chi connectivity index (χ1v) is 5.19. The monoisotopic (exact) mass is 243 g/mol. The Morgan fingerprint density at radius 1 is 1.53 bits per heavy atom. The van der Waals surface area contributed by atoms with E-state index in [2.05, 4.69) is 0 Å². The molecule has 1 aromatic rings. The number of rotatable bonds is 4. The van der Waals surface area contributed by atoms with Gasteiger partial charge in [0.05, 0.1) is 5.92 Å². The number of hydrogen-bond acceptors (Lipinski definition) is 2. The van der Waals surface area contributed by atoms with Crippen LogP contribution in [-0.2, 0) is 10.5 Å². The number of halogens is 2. The minimum Gasteiger partial charge on any atom is -0.481 e. The molecule has 0 amide bonds. The summed E-state index contributed by atoms with van der Waals surface area (Å²) in [5.41, 5.74) is 3.79. The van der Waals surface area contributed by atoms with Crippen molar-refractivity contribution in [3.8, 4) is 0 Å². The van der Waals surface area contributed by atoms with Crippen LogP contribution in [0, 0.1) is 5.82 Å². The van der Waals surface area contributed by atoms with Gasteiger partial charge < -0.3 is 10.8 Å². The molecule has 3 nitrogen and oxygen atoms in total. The van der Waals surface area contributed by atoms with Crippen molar-refractivity contribution in [2.24, 2.45) is 5.73 Å². The van der Waals surface area contributed by atoms with Crippen molar-refractivity contribution in [2.45, 2.75) is 25.4 Å². The van der Waals surface area contributed by atoms with E-state index in [0.29, 0.717) is 0 Å². The molecular weight excluding hydrogens is 228 g/mol. The molecule has 17 heavy (non-hydrogen) atoms. The van der Waals surface area contributed by atoms with Crippen molar-refractivity contribution in [2.75, 3.05) is 6.54 Å². The third kappa shape index (κ3) is 3.00. The largest absolute Gasteiger partial charge is 0.481 e. The van der Waals surface area contributed by atoms with Gasteiger partial charge in [-0.25, -0.2) is 8.78 Å². The van der Waals surface area contributed by atoms with Crippen LogP contribution in [0.5, 0.6) is 0 Å². The maximum Gasteiger partial charge on any atom is 0.312 e. The lowest BCUT2D eigenvalue weighted by Crippen LogP contribution is -2.23. The zero-order chi connectivity index (χ0) is 13.2. The van der Waals surface area contributed by atoms with Gasteiger partial charge in [0.15, 0.2) is 0 Å². The Balaban J connectivity index is 3.28. The van der Waals surface area contributed by atoms with Crippen LogP contribution < -0.4 is 5.73 Å². The molecule has 0 aromatic heterocycles. The van der Waals surface area contributed by atoms with Crippen LogP contribution in [-0.4, -0.2) is 17.6 Å². The third-order valence-corrected chi connectivity index (χ3v) is 2.59.